The van der Waals surface area contributed by atoms with Crippen molar-refractivity contribution < 1.29 is 9.53 Å². The third-order valence-corrected chi connectivity index (χ3v) is 6.03. The average Bonchev–Trinajstić information content (AvgIpc) is 2.65. The Morgan fingerprint density at radius 3 is 2.39 bits per heavy atom. The van der Waals surface area contributed by atoms with E-state index < -0.39 is 0 Å². The number of hydrogen-bond donors (Lipinski definition) is 1. The first-order valence-electron chi connectivity index (χ1n) is 9.57. The van der Waals surface area contributed by atoms with Crippen LogP contribution < -0.4 is 15.0 Å². The fourth-order valence-electron chi connectivity index (χ4n) is 3.43. The van der Waals surface area contributed by atoms with Crippen molar-refractivity contribution in [3.63, 3.8) is 0 Å². The van der Waals surface area contributed by atoms with E-state index in [-0.39, 0.29) is 12.5 Å². The second-order valence-corrected chi connectivity index (χ2v) is 8.33. The van der Waals surface area contributed by atoms with Crippen LogP contribution in [0, 0.1) is 19.8 Å². The predicted molar refractivity (Wildman–Crippen MR) is 117 cm³/mol. The van der Waals surface area contributed by atoms with E-state index in [4.69, 9.17) is 27.9 Å². The fraction of sp³-hybridized carbons (Fsp3) is 0.409. The molecule has 6 heteroatoms. The van der Waals surface area contributed by atoms with Gasteiger partial charge in [-0.15, -0.1) is 0 Å². The SMILES string of the molecule is Cc1cc(OCC(=O)Nc2ccc(N3CCC(C)CC3)c(Cl)c2)cc(C)c1Cl. The van der Waals surface area contributed by atoms with Crippen molar-refractivity contribution >= 4 is 40.5 Å². The summed E-state index contributed by atoms with van der Waals surface area (Å²) in [6.45, 7) is 8.06. The Balaban J connectivity index is 1.57. The molecule has 4 nitrogen and oxygen atoms in total. The molecule has 1 saturated heterocycles. The van der Waals surface area contributed by atoms with Gasteiger partial charge in [-0.25, -0.2) is 0 Å². The molecule has 0 aliphatic carbocycles. The molecule has 1 aliphatic heterocycles. The third-order valence-electron chi connectivity index (χ3n) is 5.14. The van der Waals surface area contributed by atoms with Crippen LogP contribution in [0.25, 0.3) is 0 Å². The summed E-state index contributed by atoms with van der Waals surface area (Å²) in [7, 11) is 0. The molecule has 3 rings (SSSR count). The highest BCUT2D eigenvalue weighted by Gasteiger charge is 2.18. The minimum Gasteiger partial charge on any atom is -0.484 e. The number of aryl methyl sites for hydroxylation is 2. The number of nitrogens with one attached hydrogen (secondary N) is 1. The van der Waals surface area contributed by atoms with Crippen molar-refractivity contribution in [3.05, 3.63) is 51.5 Å². The van der Waals surface area contributed by atoms with Crippen LogP contribution in [-0.4, -0.2) is 25.6 Å². The lowest BCUT2D eigenvalue weighted by Crippen LogP contribution is -2.32. The Kier molecular flexibility index (Phi) is 6.73. The van der Waals surface area contributed by atoms with E-state index in [0.717, 1.165) is 40.8 Å². The molecule has 1 N–H and O–H groups in total. The Hall–Kier alpha value is -1.91. The lowest BCUT2D eigenvalue weighted by Gasteiger charge is -2.32. The Morgan fingerprint density at radius 1 is 1.14 bits per heavy atom. The molecule has 0 bridgehead atoms. The van der Waals surface area contributed by atoms with Gasteiger partial charge in [0, 0.05) is 23.8 Å². The number of anilines is 2. The van der Waals surface area contributed by atoms with Crippen LogP contribution in [0.5, 0.6) is 5.75 Å². The summed E-state index contributed by atoms with van der Waals surface area (Å²) >= 11 is 12.6. The van der Waals surface area contributed by atoms with Gasteiger partial charge in [0.05, 0.1) is 10.7 Å². The average molecular weight is 421 g/mol. The van der Waals surface area contributed by atoms with E-state index in [2.05, 4.69) is 17.1 Å². The van der Waals surface area contributed by atoms with Crippen molar-refractivity contribution in [2.45, 2.75) is 33.6 Å². The van der Waals surface area contributed by atoms with E-state index in [9.17, 15) is 4.79 Å². The number of benzene rings is 2. The number of nitrogens with zero attached hydrogens (tertiary/aromatic N) is 1. The summed E-state index contributed by atoms with van der Waals surface area (Å²) in [4.78, 5) is 14.5. The molecule has 2 aromatic carbocycles. The fourth-order valence-corrected chi connectivity index (χ4v) is 3.84. The van der Waals surface area contributed by atoms with Gasteiger partial charge in [-0.3, -0.25) is 4.79 Å². The van der Waals surface area contributed by atoms with Crippen molar-refractivity contribution in [3.8, 4) is 5.75 Å². The molecule has 1 aliphatic rings. The van der Waals surface area contributed by atoms with Gasteiger partial charge < -0.3 is 15.0 Å². The third kappa shape index (κ3) is 5.12. The summed E-state index contributed by atoms with van der Waals surface area (Å²) in [6.07, 6.45) is 2.35. The molecule has 28 heavy (non-hydrogen) atoms. The van der Waals surface area contributed by atoms with E-state index in [0.29, 0.717) is 16.5 Å². The van der Waals surface area contributed by atoms with Crippen LogP contribution in [0.4, 0.5) is 11.4 Å². The molecule has 150 valence electrons. The Morgan fingerprint density at radius 2 is 1.79 bits per heavy atom. The van der Waals surface area contributed by atoms with Gasteiger partial charge in [0.25, 0.3) is 5.91 Å². The molecule has 1 heterocycles. The highest BCUT2D eigenvalue weighted by molar-refractivity contribution is 6.33. The number of ether oxygens (including phenoxy) is 1. The summed E-state index contributed by atoms with van der Waals surface area (Å²) in [6, 6.07) is 9.30. The first-order valence-corrected chi connectivity index (χ1v) is 10.3. The number of rotatable bonds is 5. The summed E-state index contributed by atoms with van der Waals surface area (Å²) in [5.74, 6) is 1.16. The van der Waals surface area contributed by atoms with Crippen LogP contribution in [0.15, 0.2) is 30.3 Å². The minimum atomic E-state index is -0.235. The smallest absolute Gasteiger partial charge is 0.262 e. The standard InChI is InChI=1S/C22H26Cl2N2O2/c1-14-6-8-26(9-7-14)20-5-4-17(12-19(20)23)25-21(27)13-28-18-10-15(2)22(24)16(3)11-18/h4-5,10-12,14H,6-9,13H2,1-3H3,(H,25,27). The Labute approximate surface area is 176 Å². The van der Waals surface area contributed by atoms with Crippen molar-refractivity contribution in [1.29, 1.82) is 0 Å². The zero-order chi connectivity index (χ0) is 20.3. The van der Waals surface area contributed by atoms with Gasteiger partial charge in [0.2, 0.25) is 0 Å². The maximum atomic E-state index is 12.2. The zero-order valence-corrected chi connectivity index (χ0v) is 18.0. The highest BCUT2D eigenvalue weighted by atomic mass is 35.5. The number of piperidine rings is 1. The molecule has 0 radical (unpaired) electrons. The second kappa shape index (κ2) is 9.06. The van der Waals surface area contributed by atoms with Crippen molar-refractivity contribution in [2.75, 3.05) is 29.9 Å². The largest absolute Gasteiger partial charge is 0.484 e. The molecular formula is C22H26Cl2N2O2. The van der Waals surface area contributed by atoms with Gasteiger partial charge in [-0.05, 0) is 74.1 Å². The number of halogens is 2. The highest BCUT2D eigenvalue weighted by Crippen LogP contribution is 2.32. The maximum Gasteiger partial charge on any atom is 0.262 e. The normalized spacial score (nSPS) is 14.8. The molecule has 1 amide bonds. The zero-order valence-electron chi connectivity index (χ0n) is 16.5. The van der Waals surface area contributed by atoms with Crippen molar-refractivity contribution in [1.82, 2.24) is 0 Å². The van der Waals surface area contributed by atoms with Gasteiger partial charge in [-0.1, -0.05) is 30.1 Å². The number of hydrogen-bond acceptors (Lipinski definition) is 3. The molecule has 0 aromatic heterocycles. The first kappa shape index (κ1) is 20.8. The maximum absolute atomic E-state index is 12.2. The number of carbonyl (C=O) groups is 1. The van der Waals surface area contributed by atoms with E-state index >= 15 is 0 Å². The lowest BCUT2D eigenvalue weighted by atomic mass is 9.99. The number of carbonyl (C=O) groups excluding carboxylic acids is 1. The summed E-state index contributed by atoms with van der Waals surface area (Å²) in [5, 5.41) is 4.21. The predicted octanol–water partition coefficient (Wildman–Crippen LogP) is 5.86. The molecule has 0 unspecified atom stereocenters. The van der Waals surface area contributed by atoms with E-state index in [1.165, 1.54) is 12.8 Å². The lowest BCUT2D eigenvalue weighted by molar-refractivity contribution is -0.118. The van der Waals surface area contributed by atoms with Gasteiger partial charge in [-0.2, -0.15) is 0 Å². The second-order valence-electron chi connectivity index (χ2n) is 7.54. The molecule has 1 fully saturated rings. The topological polar surface area (TPSA) is 41.6 Å². The van der Waals surface area contributed by atoms with Crippen LogP contribution >= 0.6 is 23.2 Å². The van der Waals surface area contributed by atoms with Gasteiger partial charge in [0.15, 0.2) is 6.61 Å². The molecule has 2 aromatic rings. The van der Waals surface area contributed by atoms with Gasteiger partial charge >= 0.3 is 0 Å². The van der Waals surface area contributed by atoms with E-state index in [1.54, 1.807) is 6.07 Å². The summed E-state index contributed by atoms with van der Waals surface area (Å²) in [5.41, 5.74) is 3.53. The summed E-state index contributed by atoms with van der Waals surface area (Å²) < 4.78 is 5.60. The van der Waals surface area contributed by atoms with Crippen LogP contribution in [0.3, 0.4) is 0 Å². The first-order chi connectivity index (χ1) is 13.3. The molecule has 0 spiro atoms. The molecule has 0 atom stereocenters. The van der Waals surface area contributed by atoms with Crippen LogP contribution in [0.1, 0.15) is 30.9 Å². The van der Waals surface area contributed by atoms with Crippen LogP contribution in [0.2, 0.25) is 10.0 Å². The van der Waals surface area contributed by atoms with Gasteiger partial charge in [0.1, 0.15) is 5.75 Å². The minimum absolute atomic E-state index is 0.0795. The molecular weight excluding hydrogens is 395 g/mol. The van der Waals surface area contributed by atoms with Crippen LogP contribution in [-0.2, 0) is 4.79 Å². The van der Waals surface area contributed by atoms with Crippen molar-refractivity contribution in [2.24, 2.45) is 5.92 Å². The quantitative estimate of drug-likeness (QED) is 0.657. The Bertz CT molecular complexity index is 839. The number of amides is 1. The van der Waals surface area contributed by atoms with E-state index in [1.807, 2.05) is 38.1 Å². The monoisotopic (exact) mass is 420 g/mol. The molecule has 0 saturated carbocycles.